The Morgan fingerprint density at radius 1 is 1.03 bits per heavy atom. The lowest BCUT2D eigenvalue weighted by Gasteiger charge is -2.13. The van der Waals surface area contributed by atoms with Gasteiger partial charge >= 0.3 is 6.03 Å². The van der Waals surface area contributed by atoms with E-state index in [1.54, 1.807) is 18.2 Å². The number of rotatable bonds is 8. The predicted molar refractivity (Wildman–Crippen MR) is 150 cm³/mol. The molecule has 3 aromatic rings. The van der Waals surface area contributed by atoms with Crippen molar-refractivity contribution in [2.45, 2.75) is 13.8 Å². The van der Waals surface area contributed by atoms with Gasteiger partial charge in [-0.15, -0.1) is 0 Å². The zero-order valence-electron chi connectivity index (χ0n) is 19.3. The third kappa shape index (κ3) is 7.96. The Hall–Kier alpha value is -3.12. The van der Waals surface area contributed by atoms with Crippen LogP contribution in [0, 0.1) is 17.4 Å². The maximum atomic E-state index is 12.3. The number of urea groups is 1. The Labute approximate surface area is 225 Å². The highest BCUT2D eigenvalue weighted by molar-refractivity contribution is 14.1. The Balaban J connectivity index is 1.58. The molecule has 10 heteroatoms. The van der Waals surface area contributed by atoms with Crippen molar-refractivity contribution in [1.82, 2.24) is 5.43 Å². The number of hydrogen-bond donors (Lipinski definition) is 3. The molecular formula is C25H24BrIN4O4. The number of aryl methyl sites for hydroxylation is 2. The SMILES string of the molecule is COc1cc(/C=N/NC(=O)Nc2ccc(Br)c(C)c2)cc(I)c1OCC(=O)Nc1ccc(C)cc1. The fourth-order valence-corrected chi connectivity index (χ4v) is 4.00. The van der Waals surface area contributed by atoms with Gasteiger partial charge in [0.15, 0.2) is 18.1 Å². The topological polar surface area (TPSA) is 101 Å². The molecule has 0 heterocycles. The van der Waals surface area contributed by atoms with Gasteiger partial charge in [0.2, 0.25) is 0 Å². The fourth-order valence-electron chi connectivity index (χ4n) is 2.97. The fraction of sp³-hybridized carbons (Fsp3) is 0.160. The second-order valence-corrected chi connectivity index (χ2v) is 9.54. The smallest absolute Gasteiger partial charge is 0.339 e. The van der Waals surface area contributed by atoms with Gasteiger partial charge in [0.1, 0.15) is 0 Å². The third-order valence-electron chi connectivity index (χ3n) is 4.73. The van der Waals surface area contributed by atoms with Crippen molar-refractivity contribution in [3.8, 4) is 11.5 Å². The summed E-state index contributed by atoms with van der Waals surface area (Å²) < 4.78 is 12.8. The summed E-state index contributed by atoms with van der Waals surface area (Å²) in [5.41, 5.74) is 6.58. The zero-order valence-corrected chi connectivity index (χ0v) is 23.1. The number of carbonyl (C=O) groups excluding carboxylic acids is 2. The molecule has 0 saturated heterocycles. The van der Waals surface area contributed by atoms with Crippen LogP contribution < -0.4 is 25.5 Å². The van der Waals surface area contributed by atoms with Crippen molar-refractivity contribution in [3.05, 3.63) is 79.3 Å². The lowest BCUT2D eigenvalue weighted by molar-refractivity contribution is -0.118. The monoisotopic (exact) mass is 650 g/mol. The highest BCUT2D eigenvalue weighted by Gasteiger charge is 2.13. The van der Waals surface area contributed by atoms with Crippen molar-refractivity contribution in [1.29, 1.82) is 0 Å². The van der Waals surface area contributed by atoms with Crippen LogP contribution in [0.1, 0.15) is 16.7 Å². The first kappa shape index (κ1) is 26.5. The van der Waals surface area contributed by atoms with Gasteiger partial charge in [-0.25, -0.2) is 10.2 Å². The van der Waals surface area contributed by atoms with Crippen molar-refractivity contribution >= 4 is 68.0 Å². The molecule has 0 aliphatic rings. The van der Waals surface area contributed by atoms with E-state index < -0.39 is 6.03 Å². The molecule has 182 valence electrons. The molecule has 0 aliphatic carbocycles. The average molecular weight is 651 g/mol. The first-order chi connectivity index (χ1) is 16.7. The molecule has 0 spiro atoms. The van der Waals surface area contributed by atoms with Crippen molar-refractivity contribution in [2.24, 2.45) is 5.10 Å². The molecular weight excluding hydrogens is 627 g/mol. The van der Waals surface area contributed by atoms with E-state index >= 15 is 0 Å². The normalized spacial score (nSPS) is 10.7. The van der Waals surface area contributed by atoms with E-state index in [-0.39, 0.29) is 12.5 Å². The van der Waals surface area contributed by atoms with Crippen LogP contribution in [0.25, 0.3) is 0 Å². The van der Waals surface area contributed by atoms with Crippen LogP contribution in [0.2, 0.25) is 0 Å². The van der Waals surface area contributed by atoms with E-state index in [0.717, 1.165) is 19.2 Å². The number of benzene rings is 3. The van der Waals surface area contributed by atoms with Gasteiger partial charge in [-0.05, 0) is 90.0 Å². The Morgan fingerprint density at radius 2 is 1.74 bits per heavy atom. The number of hydrazone groups is 1. The summed E-state index contributed by atoms with van der Waals surface area (Å²) >= 11 is 5.52. The van der Waals surface area contributed by atoms with Gasteiger partial charge in [-0.3, -0.25) is 4.79 Å². The Kier molecular flexibility index (Phi) is 9.49. The minimum atomic E-state index is -0.468. The van der Waals surface area contributed by atoms with E-state index in [0.29, 0.717) is 28.4 Å². The number of nitrogens with one attached hydrogen (secondary N) is 3. The Morgan fingerprint density at radius 3 is 2.43 bits per heavy atom. The van der Waals surface area contributed by atoms with Crippen LogP contribution in [0.3, 0.4) is 0 Å². The van der Waals surface area contributed by atoms with E-state index in [4.69, 9.17) is 9.47 Å². The summed E-state index contributed by atoms with van der Waals surface area (Å²) in [5.74, 6) is 0.602. The summed E-state index contributed by atoms with van der Waals surface area (Å²) in [5, 5.41) is 9.50. The number of methoxy groups -OCH3 is 1. The predicted octanol–water partition coefficient (Wildman–Crippen LogP) is 5.85. The number of amides is 3. The second kappa shape index (κ2) is 12.5. The van der Waals surface area contributed by atoms with Crippen LogP contribution in [0.15, 0.2) is 64.2 Å². The number of anilines is 2. The minimum Gasteiger partial charge on any atom is -0.493 e. The highest BCUT2D eigenvalue weighted by Crippen LogP contribution is 2.33. The molecule has 3 amide bonds. The van der Waals surface area contributed by atoms with Crippen LogP contribution in [0.4, 0.5) is 16.2 Å². The zero-order chi connectivity index (χ0) is 25.4. The van der Waals surface area contributed by atoms with Gasteiger partial charge in [0.05, 0.1) is 16.9 Å². The first-order valence-corrected chi connectivity index (χ1v) is 12.4. The summed E-state index contributed by atoms with van der Waals surface area (Å²) in [7, 11) is 1.51. The van der Waals surface area contributed by atoms with E-state index in [1.807, 2.05) is 50.2 Å². The van der Waals surface area contributed by atoms with E-state index in [1.165, 1.54) is 13.3 Å². The summed E-state index contributed by atoms with van der Waals surface area (Å²) in [6.45, 7) is 3.74. The summed E-state index contributed by atoms with van der Waals surface area (Å²) in [6, 6.07) is 16.0. The van der Waals surface area contributed by atoms with E-state index in [9.17, 15) is 9.59 Å². The summed E-state index contributed by atoms with van der Waals surface area (Å²) in [4.78, 5) is 24.4. The van der Waals surface area contributed by atoms with Crippen LogP contribution in [0.5, 0.6) is 11.5 Å². The van der Waals surface area contributed by atoms with Gasteiger partial charge in [-0.2, -0.15) is 5.10 Å². The number of carbonyl (C=O) groups is 2. The molecule has 0 atom stereocenters. The van der Waals surface area contributed by atoms with Gasteiger partial charge in [0, 0.05) is 15.8 Å². The average Bonchev–Trinajstić information content (AvgIpc) is 2.82. The van der Waals surface area contributed by atoms with Gasteiger partial charge in [0.25, 0.3) is 5.91 Å². The van der Waals surface area contributed by atoms with Gasteiger partial charge in [-0.1, -0.05) is 33.6 Å². The molecule has 0 radical (unpaired) electrons. The molecule has 35 heavy (non-hydrogen) atoms. The van der Waals surface area contributed by atoms with Crippen LogP contribution in [-0.4, -0.2) is 31.9 Å². The number of ether oxygens (including phenoxy) is 2. The van der Waals surface area contributed by atoms with Crippen LogP contribution in [-0.2, 0) is 4.79 Å². The maximum absolute atomic E-state index is 12.3. The van der Waals surface area contributed by atoms with Crippen molar-refractivity contribution in [3.63, 3.8) is 0 Å². The first-order valence-electron chi connectivity index (χ1n) is 10.5. The lowest BCUT2D eigenvalue weighted by atomic mass is 10.2. The summed E-state index contributed by atoms with van der Waals surface area (Å²) in [6.07, 6.45) is 1.49. The molecule has 8 nitrogen and oxygen atoms in total. The molecule has 0 saturated carbocycles. The minimum absolute atomic E-state index is 0.176. The molecule has 0 fully saturated rings. The standard InChI is InChI=1S/C25H24BrIN4O4/c1-15-4-6-18(7-5-15)29-23(32)14-35-24-21(27)11-17(12-22(24)34-3)13-28-31-25(33)30-19-8-9-20(26)16(2)10-19/h4-13H,14H2,1-3H3,(H,29,32)(H2,30,31,33)/b28-13+. The molecule has 0 bridgehead atoms. The number of halogens is 2. The van der Waals surface area contributed by atoms with Crippen molar-refractivity contribution in [2.75, 3.05) is 24.4 Å². The van der Waals surface area contributed by atoms with Gasteiger partial charge < -0.3 is 20.1 Å². The molecule has 0 aromatic heterocycles. The molecule has 3 rings (SSSR count). The highest BCUT2D eigenvalue weighted by atomic mass is 127. The molecule has 3 N–H and O–H groups in total. The van der Waals surface area contributed by atoms with E-state index in [2.05, 4.69) is 59.7 Å². The number of hydrogen-bond acceptors (Lipinski definition) is 5. The Bertz CT molecular complexity index is 1250. The lowest BCUT2D eigenvalue weighted by Crippen LogP contribution is -2.24. The number of nitrogens with zero attached hydrogens (tertiary/aromatic N) is 1. The van der Waals surface area contributed by atoms with Crippen LogP contribution >= 0.6 is 38.5 Å². The van der Waals surface area contributed by atoms with Crippen molar-refractivity contribution < 1.29 is 19.1 Å². The molecule has 3 aromatic carbocycles. The third-order valence-corrected chi connectivity index (χ3v) is 6.42. The maximum Gasteiger partial charge on any atom is 0.339 e. The second-order valence-electron chi connectivity index (χ2n) is 7.53. The molecule has 0 aliphatic heterocycles. The molecule has 0 unspecified atom stereocenters. The quantitative estimate of drug-likeness (QED) is 0.162. The largest absolute Gasteiger partial charge is 0.493 e.